The molecule has 2 rings (SSSR count). The van der Waals surface area contributed by atoms with Crippen molar-refractivity contribution in [3.05, 3.63) is 59.7 Å². The number of carbonyl (C=O) groups excluding carboxylic acids is 1. The smallest absolute Gasteiger partial charge is 0.206 e. The van der Waals surface area contributed by atoms with E-state index in [9.17, 15) is 13.2 Å². The predicted molar refractivity (Wildman–Crippen MR) is 68.5 cm³/mol. The van der Waals surface area contributed by atoms with Gasteiger partial charge in [0.15, 0.2) is 0 Å². The second-order valence-corrected chi connectivity index (χ2v) is 5.96. The average molecular weight is 260 g/mol. The fourth-order valence-electron chi connectivity index (χ4n) is 1.61. The molecular formula is C14H12O3S. The molecule has 0 radical (unpaired) electrons. The van der Waals surface area contributed by atoms with E-state index in [4.69, 9.17) is 0 Å². The summed E-state index contributed by atoms with van der Waals surface area (Å²) in [6.45, 7) is 1.89. The normalized spacial score (nSPS) is 11.2. The Morgan fingerprint density at radius 2 is 1.61 bits per heavy atom. The SMILES string of the molecule is Cc1ccc(S(=O)(=O)c2cccc(C=O)c2)cc1. The molecule has 0 aliphatic carbocycles. The van der Waals surface area contributed by atoms with Crippen molar-refractivity contribution in [3.8, 4) is 0 Å². The van der Waals surface area contributed by atoms with Gasteiger partial charge in [-0.05, 0) is 31.2 Å². The zero-order valence-electron chi connectivity index (χ0n) is 9.83. The van der Waals surface area contributed by atoms with Crippen molar-refractivity contribution in [1.82, 2.24) is 0 Å². The van der Waals surface area contributed by atoms with Crippen LogP contribution in [-0.2, 0) is 9.84 Å². The van der Waals surface area contributed by atoms with Crippen LogP contribution in [0.1, 0.15) is 15.9 Å². The van der Waals surface area contributed by atoms with Crippen LogP contribution in [0.2, 0.25) is 0 Å². The Morgan fingerprint density at radius 1 is 0.944 bits per heavy atom. The number of hydrogen-bond acceptors (Lipinski definition) is 3. The fourth-order valence-corrected chi connectivity index (χ4v) is 2.92. The van der Waals surface area contributed by atoms with E-state index in [1.807, 2.05) is 6.92 Å². The third-order valence-corrected chi connectivity index (χ3v) is 4.40. The second-order valence-electron chi connectivity index (χ2n) is 4.01. The van der Waals surface area contributed by atoms with Crippen LogP contribution < -0.4 is 0 Å². The Morgan fingerprint density at radius 3 is 2.22 bits per heavy atom. The molecule has 0 saturated heterocycles. The molecule has 18 heavy (non-hydrogen) atoms. The second kappa shape index (κ2) is 4.74. The molecule has 0 aliphatic rings. The lowest BCUT2D eigenvalue weighted by Gasteiger charge is -2.05. The molecule has 92 valence electrons. The minimum atomic E-state index is -3.55. The van der Waals surface area contributed by atoms with E-state index in [0.717, 1.165) is 5.56 Å². The van der Waals surface area contributed by atoms with Crippen molar-refractivity contribution in [1.29, 1.82) is 0 Å². The number of rotatable bonds is 3. The van der Waals surface area contributed by atoms with Gasteiger partial charge in [0.2, 0.25) is 9.84 Å². The monoisotopic (exact) mass is 260 g/mol. The maximum absolute atomic E-state index is 12.3. The molecule has 0 bridgehead atoms. The van der Waals surface area contributed by atoms with Crippen LogP contribution in [-0.4, -0.2) is 14.7 Å². The van der Waals surface area contributed by atoms with Gasteiger partial charge in [-0.2, -0.15) is 0 Å². The lowest BCUT2D eigenvalue weighted by Crippen LogP contribution is -2.02. The number of aldehydes is 1. The van der Waals surface area contributed by atoms with Crippen LogP contribution in [0.5, 0.6) is 0 Å². The van der Waals surface area contributed by atoms with Crippen molar-refractivity contribution >= 4 is 16.1 Å². The molecule has 0 fully saturated rings. The van der Waals surface area contributed by atoms with Crippen LogP contribution in [0.25, 0.3) is 0 Å². The summed E-state index contributed by atoms with van der Waals surface area (Å²) in [5, 5.41) is 0. The third kappa shape index (κ3) is 2.33. The lowest BCUT2D eigenvalue weighted by atomic mass is 10.2. The van der Waals surface area contributed by atoms with Gasteiger partial charge < -0.3 is 0 Å². The molecule has 0 heterocycles. The number of carbonyl (C=O) groups is 1. The Hall–Kier alpha value is -1.94. The van der Waals surface area contributed by atoms with Crippen LogP contribution >= 0.6 is 0 Å². The van der Waals surface area contributed by atoms with E-state index in [1.54, 1.807) is 36.4 Å². The zero-order chi connectivity index (χ0) is 13.2. The van der Waals surface area contributed by atoms with Crippen molar-refractivity contribution in [2.45, 2.75) is 16.7 Å². The van der Waals surface area contributed by atoms with Gasteiger partial charge in [-0.25, -0.2) is 8.42 Å². The summed E-state index contributed by atoms with van der Waals surface area (Å²) >= 11 is 0. The van der Waals surface area contributed by atoms with E-state index in [-0.39, 0.29) is 9.79 Å². The van der Waals surface area contributed by atoms with Crippen LogP contribution in [0.4, 0.5) is 0 Å². The molecule has 0 spiro atoms. The fraction of sp³-hybridized carbons (Fsp3) is 0.0714. The predicted octanol–water partition coefficient (Wildman–Crippen LogP) is 2.64. The minimum absolute atomic E-state index is 0.135. The van der Waals surface area contributed by atoms with Gasteiger partial charge in [-0.3, -0.25) is 4.79 Å². The summed E-state index contributed by atoms with van der Waals surface area (Å²) in [5.41, 5.74) is 1.35. The molecule has 4 heteroatoms. The van der Waals surface area contributed by atoms with Gasteiger partial charge in [0.05, 0.1) is 9.79 Å². The first-order valence-electron chi connectivity index (χ1n) is 5.41. The molecule has 0 aromatic heterocycles. The molecule has 0 N–H and O–H groups in total. The Kier molecular flexibility index (Phi) is 3.30. The Balaban J connectivity index is 2.54. The van der Waals surface area contributed by atoms with Gasteiger partial charge in [0.1, 0.15) is 6.29 Å². The number of sulfone groups is 1. The maximum atomic E-state index is 12.3. The van der Waals surface area contributed by atoms with Gasteiger partial charge in [-0.1, -0.05) is 29.8 Å². The molecular weight excluding hydrogens is 248 g/mol. The van der Waals surface area contributed by atoms with Crippen LogP contribution in [0, 0.1) is 6.92 Å². The lowest BCUT2D eigenvalue weighted by molar-refractivity contribution is 0.112. The van der Waals surface area contributed by atoms with Gasteiger partial charge in [0.25, 0.3) is 0 Å². The zero-order valence-corrected chi connectivity index (χ0v) is 10.6. The summed E-state index contributed by atoms with van der Waals surface area (Å²) in [7, 11) is -3.55. The summed E-state index contributed by atoms with van der Waals surface area (Å²) in [5.74, 6) is 0. The molecule has 2 aromatic carbocycles. The highest BCUT2D eigenvalue weighted by Gasteiger charge is 2.17. The van der Waals surface area contributed by atoms with E-state index in [1.165, 1.54) is 12.1 Å². The van der Waals surface area contributed by atoms with E-state index in [2.05, 4.69) is 0 Å². The largest absolute Gasteiger partial charge is 0.298 e. The van der Waals surface area contributed by atoms with Gasteiger partial charge in [-0.15, -0.1) is 0 Å². The molecule has 0 unspecified atom stereocenters. The minimum Gasteiger partial charge on any atom is -0.298 e. The van der Waals surface area contributed by atoms with Gasteiger partial charge in [0, 0.05) is 5.56 Å². The first-order chi connectivity index (χ1) is 8.54. The first kappa shape index (κ1) is 12.5. The van der Waals surface area contributed by atoms with E-state index >= 15 is 0 Å². The number of hydrogen-bond donors (Lipinski definition) is 0. The number of aryl methyl sites for hydroxylation is 1. The van der Waals surface area contributed by atoms with E-state index < -0.39 is 9.84 Å². The first-order valence-corrected chi connectivity index (χ1v) is 6.89. The molecule has 3 nitrogen and oxygen atoms in total. The van der Waals surface area contributed by atoms with Crippen molar-refractivity contribution in [2.24, 2.45) is 0 Å². The summed E-state index contributed by atoms with van der Waals surface area (Å²) in [4.78, 5) is 11.0. The summed E-state index contributed by atoms with van der Waals surface area (Å²) in [6.07, 6.45) is 0.633. The molecule has 0 atom stereocenters. The topological polar surface area (TPSA) is 51.2 Å². The van der Waals surface area contributed by atoms with Crippen molar-refractivity contribution in [2.75, 3.05) is 0 Å². The summed E-state index contributed by atoms with van der Waals surface area (Å²) < 4.78 is 24.6. The molecule has 0 aliphatic heterocycles. The van der Waals surface area contributed by atoms with Crippen LogP contribution in [0.3, 0.4) is 0 Å². The highest BCUT2D eigenvalue weighted by molar-refractivity contribution is 7.91. The maximum Gasteiger partial charge on any atom is 0.206 e. The summed E-state index contributed by atoms with van der Waals surface area (Å²) in [6, 6.07) is 12.6. The molecule has 0 saturated carbocycles. The number of benzene rings is 2. The molecule has 2 aromatic rings. The van der Waals surface area contributed by atoms with Crippen LogP contribution in [0.15, 0.2) is 58.3 Å². The Labute approximate surface area is 106 Å². The molecule has 0 amide bonds. The van der Waals surface area contributed by atoms with Crippen molar-refractivity contribution in [3.63, 3.8) is 0 Å². The average Bonchev–Trinajstić information content (AvgIpc) is 2.39. The van der Waals surface area contributed by atoms with E-state index in [0.29, 0.717) is 11.8 Å². The highest BCUT2D eigenvalue weighted by Crippen LogP contribution is 2.21. The Bertz CT molecular complexity index is 670. The highest BCUT2D eigenvalue weighted by atomic mass is 32.2. The standard InChI is InChI=1S/C14H12O3S/c1-11-5-7-13(8-6-11)18(16,17)14-4-2-3-12(9-14)10-15/h2-10H,1H3. The quantitative estimate of drug-likeness (QED) is 0.797. The third-order valence-electron chi connectivity index (χ3n) is 2.64. The van der Waals surface area contributed by atoms with Gasteiger partial charge >= 0.3 is 0 Å². The van der Waals surface area contributed by atoms with Crippen molar-refractivity contribution < 1.29 is 13.2 Å².